The molecule has 0 radical (unpaired) electrons. The van der Waals surface area contributed by atoms with Crippen molar-refractivity contribution in [2.45, 2.75) is 20.3 Å². The third-order valence-corrected chi connectivity index (χ3v) is 4.29. The Morgan fingerprint density at radius 1 is 1.07 bits per heavy atom. The summed E-state index contributed by atoms with van der Waals surface area (Å²) < 4.78 is 10.4. The van der Waals surface area contributed by atoms with E-state index in [1.165, 1.54) is 14.0 Å². The number of rotatable bonds is 7. The van der Waals surface area contributed by atoms with E-state index >= 15 is 0 Å². The number of nitrogens with one attached hydrogen (secondary N) is 1. The molecule has 7 heteroatoms. The molecule has 144 valence electrons. The summed E-state index contributed by atoms with van der Waals surface area (Å²) in [5, 5.41) is 3.41. The minimum Gasteiger partial charge on any atom is -0.493 e. The molecule has 2 amide bonds. The van der Waals surface area contributed by atoms with Crippen LogP contribution >= 0.6 is 11.6 Å². The van der Waals surface area contributed by atoms with Crippen molar-refractivity contribution in [3.63, 3.8) is 0 Å². The Kier molecular flexibility index (Phi) is 7.07. The van der Waals surface area contributed by atoms with Crippen LogP contribution in [-0.4, -0.2) is 32.6 Å². The average Bonchev–Trinajstić information content (AvgIpc) is 2.63. The molecule has 6 nitrogen and oxygen atoms in total. The van der Waals surface area contributed by atoms with E-state index in [4.69, 9.17) is 21.1 Å². The van der Waals surface area contributed by atoms with Gasteiger partial charge < -0.3 is 19.7 Å². The zero-order chi connectivity index (χ0) is 20.0. The number of aryl methyl sites for hydroxylation is 1. The second-order valence-corrected chi connectivity index (χ2v) is 6.41. The van der Waals surface area contributed by atoms with E-state index in [0.717, 1.165) is 11.3 Å². The van der Waals surface area contributed by atoms with E-state index in [0.29, 0.717) is 22.2 Å². The number of anilines is 2. The summed E-state index contributed by atoms with van der Waals surface area (Å²) in [6, 6.07) is 10.4. The zero-order valence-electron chi connectivity index (χ0n) is 15.8. The molecule has 0 saturated heterocycles. The maximum absolute atomic E-state index is 12.3. The number of hydrogen-bond acceptors (Lipinski definition) is 4. The van der Waals surface area contributed by atoms with Crippen LogP contribution in [0.4, 0.5) is 11.4 Å². The molecular weight excluding hydrogens is 368 g/mol. The van der Waals surface area contributed by atoms with Crippen molar-refractivity contribution in [1.29, 1.82) is 0 Å². The Balaban J connectivity index is 2.05. The molecule has 0 heterocycles. The first-order valence-corrected chi connectivity index (χ1v) is 8.79. The predicted molar refractivity (Wildman–Crippen MR) is 107 cm³/mol. The van der Waals surface area contributed by atoms with Gasteiger partial charge in [0.15, 0.2) is 11.5 Å². The van der Waals surface area contributed by atoms with Crippen LogP contribution in [0.5, 0.6) is 11.5 Å². The number of halogens is 1. The third-order valence-electron chi connectivity index (χ3n) is 4.06. The lowest BCUT2D eigenvalue weighted by Crippen LogP contribution is -2.32. The number of ether oxygens (including phenoxy) is 2. The van der Waals surface area contributed by atoms with E-state index in [1.54, 1.807) is 48.4 Å². The Bertz CT molecular complexity index is 839. The molecule has 0 aromatic heterocycles. The highest BCUT2D eigenvalue weighted by atomic mass is 35.5. The topological polar surface area (TPSA) is 67.9 Å². The lowest BCUT2D eigenvalue weighted by molar-refractivity contribution is -0.117. The molecule has 0 saturated carbocycles. The predicted octanol–water partition coefficient (Wildman–Crippen LogP) is 4.05. The van der Waals surface area contributed by atoms with Crippen molar-refractivity contribution in [3.05, 3.63) is 47.0 Å². The van der Waals surface area contributed by atoms with E-state index in [9.17, 15) is 9.59 Å². The maximum Gasteiger partial charge on any atom is 0.226 e. The highest BCUT2D eigenvalue weighted by Gasteiger charge is 2.16. The van der Waals surface area contributed by atoms with Crippen LogP contribution < -0.4 is 19.7 Å². The van der Waals surface area contributed by atoms with Crippen LogP contribution in [0.3, 0.4) is 0 Å². The molecule has 0 aliphatic heterocycles. The van der Waals surface area contributed by atoms with Gasteiger partial charge in [0.2, 0.25) is 11.8 Å². The van der Waals surface area contributed by atoms with E-state index < -0.39 is 0 Å². The third kappa shape index (κ3) is 5.37. The highest BCUT2D eigenvalue weighted by molar-refractivity contribution is 6.30. The number of carbonyl (C=O) groups is 2. The van der Waals surface area contributed by atoms with Crippen molar-refractivity contribution < 1.29 is 19.1 Å². The monoisotopic (exact) mass is 390 g/mol. The molecule has 27 heavy (non-hydrogen) atoms. The summed E-state index contributed by atoms with van der Waals surface area (Å²) in [6.45, 7) is 3.61. The van der Waals surface area contributed by atoms with Gasteiger partial charge in [-0.05, 0) is 42.8 Å². The second-order valence-electron chi connectivity index (χ2n) is 5.97. The van der Waals surface area contributed by atoms with Gasteiger partial charge in [-0.25, -0.2) is 0 Å². The summed E-state index contributed by atoms with van der Waals surface area (Å²) in [5.74, 6) is 0.758. The molecule has 0 fully saturated rings. The van der Waals surface area contributed by atoms with Crippen molar-refractivity contribution in [1.82, 2.24) is 0 Å². The lowest BCUT2D eigenvalue weighted by Gasteiger charge is -2.23. The first-order chi connectivity index (χ1) is 12.8. The van der Waals surface area contributed by atoms with Crippen LogP contribution in [0.2, 0.25) is 5.02 Å². The molecule has 0 unspecified atom stereocenters. The molecule has 0 spiro atoms. The molecule has 2 aromatic carbocycles. The van der Waals surface area contributed by atoms with Gasteiger partial charge in [0.1, 0.15) is 0 Å². The number of nitrogens with zero attached hydrogens (tertiary/aromatic N) is 1. The molecule has 0 aliphatic rings. The zero-order valence-corrected chi connectivity index (χ0v) is 16.6. The van der Waals surface area contributed by atoms with E-state index in [1.807, 2.05) is 6.92 Å². The number of benzene rings is 2. The Morgan fingerprint density at radius 3 is 2.37 bits per heavy atom. The van der Waals surface area contributed by atoms with E-state index in [2.05, 4.69) is 5.32 Å². The summed E-state index contributed by atoms with van der Waals surface area (Å²) >= 11 is 5.98. The van der Waals surface area contributed by atoms with Crippen LogP contribution in [-0.2, 0) is 9.59 Å². The van der Waals surface area contributed by atoms with Crippen LogP contribution in [0.15, 0.2) is 36.4 Å². The maximum atomic E-state index is 12.3. The van der Waals surface area contributed by atoms with Crippen LogP contribution in [0.25, 0.3) is 0 Å². The molecule has 2 rings (SSSR count). The van der Waals surface area contributed by atoms with Gasteiger partial charge in [-0.1, -0.05) is 11.6 Å². The average molecular weight is 391 g/mol. The molecule has 1 N–H and O–H groups in total. The Hall–Kier alpha value is -2.73. The van der Waals surface area contributed by atoms with Crippen LogP contribution in [0, 0.1) is 6.92 Å². The van der Waals surface area contributed by atoms with Gasteiger partial charge in [0, 0.05) is 42.4 Å². The Morgan fingerprint density at radius 2 is 1.78 bits per heavy atom. The first kappa shape index (κ1) is 20.6. The molecular formula is C20H23ClN2O4. The Labute approximate surface area is 164 Å². The van der Waals surface area contributed by atoms with Gasteiger partial charge in [0.05, 0.1) is 14.2 Å². The molecule has 0 bridgehead atoms. The van der Waals surface area contributed by atoms with Crippen molar-refractivity contribution in [2.24, 2.45) is 0 Å². The highest BCUT2D eigenvalue weighted by Crippen LogP contribution is 2.30. The van der Waals surface area contributed by atoms with Gasteiger partial charge in [-0.3, -0.25) is 9.59 Å². The molecule has 2 aromatic rings. The quantitative estimate of drug-likeness (QED) is 0.774. The fraction of sp³-hybridized carbons (Fsp3) is 0.300. The standard InChI is InChI=1S/C20H23ClN2O4/c1-13-11-15(21)5-7-17(13)23(14(2)24)10-9-20(25)22-16-6-8-18(26-3)19(12-16)27-4/h5-8,11-12H,9-10H2,1-4H3,(H,22,25). The van der Waals surface area contributed by atoms with Crippen molar-refractivity contribution in [2.75, 3.05) is 31.0 Å². The smallest absolute Gasteiger partial charge is 0.226 e. The fourth-order valence-electron chi connectivity index (χ4n) is 2.72. The summed E-state index contributed by atoms with van der Waals surface area (Å²) in [7, 11) is 3.08. The SMILES string of the molecule is COc1ccc(NC(=O)CCN(C(C)=O)c2ccc(Cl)cc2C)cc1OC. The van der Waals surface area contributed by atoms with E-state index in [-0.39, 0.29) is 24.8 Å². The van der Waals surface area contributed by atoms with Crippen LogP contribution in [0.1, 0.15) is 18.9 Å². The minimum atomic E-state index is -0.208. The molecule has 0 aliphatic carbocycles. The second kappa shape index (κ2) is 9.28. The number of carbonyl (C=O) groups excluding carboxylic acids is 2. The largest absolute Gasteiger partial charge is 0.493 e. The minimum absolute atomic E-state index is 0.140. The molecule has 0 atom stereocenters. The van der Waals surface area contributed by atoms with Gasteiger partial charge in [-0.2, -0.15) is 0 Å². The summed E-state index contributed by atoms with van der Waals surface area (Å²) in [6.07, 6.45) is 0.149. The van der Waals surface area contributed by atoms with Gasteiger partial charge >= 0.3 is 0 Å². The summed E-state index contributed by atoms with van der Waals surface area (Å²) in [5.41, 5.74) is 2.21. The van der Waals surface area contributed by atoms with Crippen molar-refractivity contribution >= 4 is 34.8 Å². The summed E-state index contributed by atoms with van der Waals surface area (Å²) in [4.78, 5) is 25.9. The normalized spacial score (nSPS) is 10.3. The van der Waals surface area contributed by atoms with Gasteiger partial charge in [-0.15, -0.1) is 0 Å². The lowest BCUT2D eigenvalue weighted by atomic mass is 10.1. The first-order valence-electron chi connectivity index (χ1n) is 8.42. The van der Waals surface area contributed by atoms with Crippen molar-refractivity contribution in [3.8, 4) is 11.5 Å². The fourth-order valence-corrected chi connectivity index (χ4v) is 2.95. The number of methoxy groups -OCH3 is 2. The van der Waals surface area contributed by atoms with Gasteiger partial charge in [0.25, 0.3) is 0 Å². The number of hydrogen-bond donors (Lipinski definition) is 1. The number of amides is 2.